The molecular formula is C26H50Br2F6N2O6S2. The number of aryl methyl sites for hydroxylation is 2. The lowest BCUT2D eigenvalue weighted by Crippen LogP contribution is -3.00. The zero-order valence-electron chi connectivity index (χ0n) is 22.2. The molecule has 0 atom stereocenters. The van der Waals surface area contributed by atoms with E-state index in [0.29, 0.717) is 7.11 Å². The van der Waals surface area contributed by atoms with Crippen LogP contribution in [0.3, 0.4) is 0 Å². The molecule has 0 bridgehead atoms. The van der Waals surface area contributed by atoms with Gasteiger partial charge in [-0.05, 0) is 5.83 Å². The third kappa shape index (κ3) is 33.6. The Kier molecular flexibility index (Phi) is 46.3. The van der Waals surface area contributed by atoms with Crippen LogP contribution in [0, 0.1) is 0 Å². The first-order valence-corrected chi connectivity index (χ1v) is 15.5. The molecule has 2 aromatic heterocycles. The Labute approximate surface area is 280 Å². The van der Waals surface area contributed by atoms with E-state index < -0.39 is 31.3 Å². The molecule has 0 N–H and O–H groups in total. The molecule has 0 saturated heterocycles. The number of hydrogen-bond acceptors (Lipinski definition) is 6. The van der Waals surface area contributed by atoms with E-state index in [-0.39, 0.29) is 46.7 Å². The van der Waals surface area contributed by atoms with Gasteiger partial charge in [0.15, 0.2) is 34.9 Å². The fraction of sp³-hybridized carbons (Fsp3) is 0.615. The topological polar surface area (TPSA) is 108 Å². The molecule has 8 nitrogen and oxygen atoms in total. The van der Waals surface area contributed by atoms with Gasteiger partial charge in [0.1, 0.15) is 13.1 Å². The van der Waals surface area contributed by atoms with E-state index >= 15 is 0 Å². The van der Waals surface area contributed by atoms with Crippen LogP contribution in [0.1, 0.15) is 69.2 Å². The molecule has 44 heavy (non-hydrogen) atoms. The van der Waals surface area contributed by atoms with Crippen molar-refractivity contribution >= 4 is 36.2 Å². The van der Waals surface area contributed by atoms with Crippen molar-refractivity contribution in [3.05, 3.63) is 61.2 Å². The van der Waals surface area contributed by atoms with Crippen molar-refractivity contribution in [3.8, 4) is 0 Å². The van der Waals surface area contributed by atoms with Gasteiger partial charge >= 0.3 is 21.1 Å². The number of rotatable bonds is 7. The predicted octanol–water partition coefficient (Wildman–Crippen LogP) is 4.64. The standard InChI is InChI=1S/2C9H14N.C2H3F3O3S.CH3Br.CHF3O3S.4CH4.BrH/c2*1-2-3-7-10-8-5-4-6-9-10;1-8-9(6,7)2(3,4)5;1-2;2-1(3,4)8(5,6)7;;;;;/h2*4-6,8-9H,2-3,7H2,1H3;1H3;1H3;(H,5,6,7);4*1H4;1H/q2*+1;;;;;;;;/p-2. The molecule has 0 aliphatic carbocycles. The maximum absolute atomic E-state index is 11.1. The van der Waals surface area contributed by atoms with E-state index in [1.54, 1.807) is 0 Å². The Morgan fingerprint density at radius 3 is 1.05 bits per heavy atom. The van der Waals surface area contributed by atoms with Gasteiger partial charge in [-0.1, -0.05) is 84.5 Å². The van der Waals surface area contributed by atoms with Crippen LogP contribution < -0.4 is 26.1 Å². The Hall–Kier alpha value is -1.34. The molecule has 0 aliphatic rings. The molecule has 0 radical (unpaired) electrons. The minimum atomic E-state index is -6.09. The van der Waals surface area contributed by atoms with Gasteiger partial charge in [0.25, 0.3) is 0 Å². The average molecular weight is 825 g/mol. The van der Waals surface area contributed by atoms with E-state index in [2.05, 4.69) is 92.1 Å². The van der Waals surface area contributed by atoms with Crippen LogP contribution >= 0.6 is 15.9 Å². The Morgan fingerprint density at radius 1 is 0.659 bits per heavy atom. The van der Waals surface area contributed by atoms with Gasteiger partial charge in [-0.3, -0.25) is 4.18 Å². The maximum atomic E-state index is 11.1. The lowest BCUT2D eigenvalue weighted by atomic mass is 10.3. The van der Waals surface area contributed by atoms with Gasteiger partial charge in [0, 0.05) is 37.1 Å². The molecule has 0 saturated carbocycles. The monoisotopic (exact) mass is 822 g/mol. The summed E-state index contributed by atoms with van der Waals surface area (Å²) in [6, 6.07) is 12.3. The molecule has 0 aliphatic heterocycles. The van der Waals surface area contributed by atoms with Crippen molar-refractivity contribution < 1.29 is 78.0 Å². The van der Waals surface area contributed by atoms with Crippen molar-refractivity contribution in [2.75, 3.05) is 12.9 Å². The second-order valence-electron chi connectivity index (χ2n) is 6.90. The molecule has 2 heterocycles. The third-order valence-electron chi connectivity index (χ3n) is 3.88. The van der Waals surface area contributed by atoms with Crippen LogP contribution in [0.4, 0.5) is 26.3 Å². The van der Waals surface area contributed by atoms with Gasteiger partial charge in [0.05, 0.1) is 7.11 Å². The van der Waals surface area contributed by atoms with Crippen LogP contribution in [0.5, 0.6) is 0 Å². The van der Waals surface area contributed by atoms with Crippen molar-refractivity contribution in [2.24, 2.45) is 0 Å². The minimum absolute atomic E-state index is 0. The Bertz CT molecular complexity index is 1020. The predicted molar refractivity (Wildman–Crippen MR) is 163 cm³/mol. The normalized spacial score (nSPS) is 9.91. The third-order valence-corrected chi connectivity index (χ3v) is 5.45. The van der Waals surface area contributed by atoms with Gasteiger partial charge < -0.3 is 21.5 Å². The lowest BCUT2D eigenvalue weighted by molar-refractivity contribution is -0.697. The largest absolute Gasteiger partial charge is 1.00 e. The number of unbranched alkanes of at least 4 members (excludes halogenated alkanes) is 2. The summed E-state index contributed by atoms with van der Waals surface area (Å²) >= 11 is 2.94. The highest BCUT2D eigenvalue weighted by atomic mass is 79.9. The molecule has 0 fully saturated rings. The highest BCUT2D eigenvalue weighted by molar-refractivity contribution is 9.08. The molecule has 2 aromatic rings. The van der Waals surface area contributed by atoms with Crippen LogP contribution in [0.2, 0.25) is 0 Å². The minimum Gasteiger partial charge on any atom is -1.00 e. The highest BCUT2D eigenvalue weighted by Crippen LogP contribution is 2.23. The van der Waals surface area contributed by atoms with Crippen molar-refractivity contribution in [1.82, 2.24) is 0 Å². The zero-order valence-corrected chi connectivity index (χ0v) is 27.0. The highest BCUT2D eigenvalue weighted by Gasteiger charge is 2.46. The fourth-order valence-corrected chi connectivity index (χ4v) is 2.13. The first-order chi connectivity index (χ1) is 17.9. The molecule has 0 unspecified atom stereocenters. The molecule has 18 heteroatoms. The van der Waals surface area contributed by atoms with E-state index in [0.717, 1.165) is 13.1 Å². The molecule has 0 amide bonds. The molecule has 268 valence electrons. The lowest BCUT2D eigenvalue weighted by Gasteiger charge is -2.08. The summed E-state index contributed by atoms with van der Waals surface area (Å²) in [7, 11) is -11.0. The summed E-state index contributed by atoms with van der Waals surface area (Å²) in [5, 5.41) is 0. The van der Waals surface area contributed by atoms with Crippen LogP contribution in [-0.2, 0) is 37.5 Å². The van der Waals surface area contributed by atoms with E-state index in [1.807, 2.05) is 18.0 Å². The Balaban J connectivity index is -0.0000000621. The summed E-state index contributed by atoms with van der Waals surface area (Å²) in [6.07, 6.45) is 13.5. The SMILES string of the molecule is C.C.C.C.CBr.CCCC[n+]1ccccc1.CCCC[n+]1ccccc1.COS(=O)(=O)C(F)(F)F.O=S(=O)([O-])C(F)(F)F.[Br-]. The second-order valence-corrected chi connectivity index (χ2v) is 9.98. The molecule has 0 spiro atoms. The first-order valence-electron chi connectivity index (χ1n) is 11.1. The van der Waals surface area contributed by atoms with Crippen molar-refractivity contribution in [3.63, 3.8) is 0 Å². The van der Waals surface area contributed by atoms with Crippen molar-refractivity contribution in [2.45, 2.75) is 93.3 Å². The number of aromatic nitrogens is 2. The molecule has 0 aromatic carbocycles. The van der Waals surface area contributed by atoms with Gasteiger partial charge in [-0.15, -0.1) is 0 Å². The summed E-state index contributed by atoms with van der Waals surface area (Å²) in [5.74, 6) is 1.81. The quantitative estimate of drug-likeness (QED) is 0.101. The number of pyridine rings is 2. The van der Waals surface area contributed by atoms with E-state index in [9.17, 15) is 34.8 Å². The van der Waals surface area contributed by atoms with E-state index in [1.165, 1.54) is 25.7 Å². The zero-order chi connectivity index (χ0) is 31.2. The smallest absolute Gasteiger partial charge is 0.523 e. The number of alkyl halides is 7. The van der Waals surface area contributed by atoms with Crippen LogP contribution in [-0.4, -0.2) is 45.3 Å². The summed E-state index contributed by atoms with van der Waals surface area (Å²) in [5.41, 5.74) is -10.9. The Morgan fingerprint density at radius 2 is 0.909 bits per heavy atom. The fourth-order valence-electron chi connectivity index (χ4n) is 1.94. The number of hydrogen-bond donors (Lipinski definition) is 0. The van der Waals surface area contributed by atoms with Gasteiger partial charge in [-0.25, -0.2) is 17.6 Å². The summed E-state index contributed by atoms with van der Waals surface area (Å²) in [4.78, 5) is 0. The molecular weight excluding hydrogens is 774 g/mol. The maximum Gasteiger partial charge on any atom is 0.523 e. The summed E-state index contributed by atoms with van der Waals surface area (Å²) < 4.78 is 119. The van der Waals surface area contributed by atoms with Gasteiger partial charge in [-0.2, -0.15) is 34.8 Å². The van der Waals surface area contributed by atoms with Crippen LogP contribution in [0.15, 0.2) is 61.2 Å². The first kappa shape index (κ1) is 61.6. The molecule has 2 rings (SSSR count). The number of nitrogens with zero attached hydrogens (tertiary/aromatic N) is 2. The second kappa shape index (κ2) is 33.0. The van der Waals surface area contributed by atoms with E-state index in [4.69, 9.17) is 13.0 Å². The summed E-state index contributed by atoms with van der Waals surface area (Å²) in [6.45, 7) is 6.72. The number of halogens is 8. The average Bonchev–Trinajstić information content (AvgIpc) is 2.88. The van der Waals surface area contributed by atoms with Crippen molar-refractivity contribution in [1.29, 1.82) is 0 Å². The van der Waals surface area contributed by atoms with Crippen LogP contribution in [0.25, 0.3) is 0 Å². The van der Waals surface area contributed by atoms with Gasteiger partial charge in [0.2, 0.25) is 0 Å².